The first-order chi connectivity index (χ1) is 9.03. The number of nitrogens with zero attached hydrogens (tertiary/aromatic N) is 2. The highest BCUT2D eigenvalue weighted by Gasteiger charge is 2.51. The fourth-order valence-corrected chi connectivity index (χ4v) is 3.48. The van der Waals surface area contributed by atoms with E-state index >= 15 is 0 Å². The standard InChI is InChI=1S/C14H17FN2O2/c1-9-4-14(5-9)7-17(8-14)12-11(15)3-10(6-16-12)13(18)19-2/h3,6,9H,4-5,7-8H2,1-2H3. The van der Waals surface area contributed by atoms with Crippen LogP contribution in [0, 0.1) is 17.2 Å². The van der Waals surface area contributed by atoms with E-state index in [1.165, 1.54) is 32.2 Å². The van der Waals surface area contributed by atoms with Gasteiger partial charge in [-0.25, -0.2) is 14.2 Å². The Kier molecular flexibility index (Phi) is 2.73. The van der Waals surface area contributed by atoms with E-state index in [1.807, 2.05) is 4.90 Å². The predicted octanol–water partition coefficient (Wildman–Crippen LogP) is 2.24. The van der Waals surface area contributed by atoms with Crippen molar-refractivity contribution in [1.29, 1.82) is 0 Å². The fraction of sp³-hybridized carbons (Fsp3) is 0.571. The molecule has 1 saturated carbocycles. The van der Waals surface area contributed by atoms with Gasteiger partial charge in [0.1, 0.15) is 0 Å². The topological polar surface area (TPSA) is 42.4 Å². The van der Waals surface area contributed by atoms with Crippen molar-refractivity contribution < 1.29 is 13.9 Å². The molecule has 0 amide bonds. The Hall–Kier alpha value is -1.65. The molecule has 3 rings (SSSR count). The van der Waals surface area contributed by atoms with Crippen LogP contribution >= 0.6 is 0 Å². The van der Waals surface area contributed by atoms with Gasteiger partial charge in [0.05, 0.1) is 12.7 Å². The summed E-state index contributed by atoms with van der Waals surface area (Å²) in [5.74, 6) is 0.121. The van der Waals surface area contributed by atoms with Crippen LogP contribution in [-0.2, 0) is 4.74 Å². The number of ether oxygens (including phenoxy) is 1. The largest absolute Gasteiger partial charge is 0.465 e. The Morgan fingerprint density at radius 1 is 1.53 bits per heavy atom. The Morgan fingerprint density at radius 3 is 2.74 bits per heavy atom. The summed E-state index contributed by atoms with van der Waals surface area (Å²) in [5, 5.41) is 0. The van der Waals surface area contributed by atoms with Crippen LogP contribution in [0.25, 0.3) is 0 Å². The van der Waals surface area contributed by atoms with Crippen molar-refractivity contribution in [3.05, 3.63) is 23.6 Å². The lowest BCUT2D eigenvalue weighted by Gasteiger charge is -2.59. The molecular weight excluding hydrogens is 247 g/mol. The third-order valence-electron chi connectivity index (χ3n) is 4.16. The van der Waals surface area contributed by atoms with Crippen molar-refractivity contribution in [1.82, 2.24) is 4.98 Å². The third-order valence-corrected chi connectivity index (χ3v) is 4.16. The van der Waals surface area contributed by atoms with E-state index in [0.29, 0.717) is 11.2 Å². The number of pyridine rings is 1. The molecule has 2 aliphatic rings. The van der Waals surface area contributed by atoms with Gasteiger partial charge in [-0.05, 0) is 24.8 Å². The molecule has 5 heteroatoms. The van der Waals surface area contributed by atoms with Gasteiger partial charge in [-0.2, -0.15) is 0 Å². The zero-order valence-electron chi connectivity index (χ0n) is 11.1. The molecule has 1 aliphatic heterocycles. The summed E-state index contributed by atoms with van der Waals surface area (Å²) in [6.45, 7) is 4.00. The third kappa shape index (κ3) is 1.97. The van der Waals surface area contributed by atoms with Crippen molar-refractivity contribution in [3.8, 4) is 0 Å². The molecule has 102 valence electrons. The highest BCUT2D eigenvalue weighted by molar-refractivity contribution is 5.89. The molecule has 0 radical (unpaired) electrons. The lowest BCUT2D eigenvalue weighted by molar-refractivity contribution is 0.0326. The number of hydrogen-bond donors (Lipinski definition) is 0. The first-order valence-corrected chi connectivity index (χ1v) is 6.52. The summed E-state index contributed by atoms with van der Waals surface area (Å²) in [6, 6.07) is 1.20. The average molecular weight is 264 g/mol. The van der Waals surface area contributed by atoms with E-state index in [-0.39, 0.29) is 5.56 Å². The van der Waals surface area contributed by atoms with Crippen molar-refractivity contribution in [2.24, 2.45) is 11.3 Å². The van der Waals surface area contributed by atoms with Crippen LogP contribution in [0.5, 0.6) is 0 Å². The van der Waals surface area contributed by atoms with E-state index < -0.39 is 11.8 Å². The van der Waals surface area contributed by atoms with Gasteiger partial charge >= 0.3 is 5.97 Å². The summed E-state index contributed by atoms with van der Waals surface area (Å²) in [4.78, 5) is 17.3. The molecule has 0 atom stereocenters. The lowest BCUT2D eigenvalue weighted by atomic mass is 9.58. The number of carbonyl (C=O) groups excluding carboxylic acids is 1. The quantitative estimate of drug-likeness (QED) is 0.768. The molecule has 2 fully saturated rings. The maximum absolute atomic E-state index is 14.0. The zero-order valence-corrected chi connectivity index (χ0v) is 11.1. The van der Waals surface area contributed by atoms with Crippen molar-refractivity contribution >= 4 is 11.8 Å². The maximum atomic E-state index is 14.0. The van der Waals surface area contributed by atoms with E-state index in [9.17, 15) is 9.18 Å². The molecule has 1 saturated heterocycles. The molecule has 19 heavy (non-hydrogen) atoms. The number of anilines is 1. The zero-order chi connectivity index (χ0) is 13.6. The second kappa shape index (κ2) is 4.18. The number of methoxy groups -OCH3 is 1. The minimum absolute atomic E-state index is 0.149. The molecule has 1 aromatic rings. The van der Waals surface area contributed by atoms with Gasteiger partial charge in [0.15, 0.2) is 11.6 Å². The molecule has 4 nitrogen and oxygen atoms in total. The summed E-state index contributed by atoms with van der Waals surface area (Å²) in [5.41, 5.74) is 0.547. The Morgan fingerprint density at radius 2 is 2.21 bits per heavy atom. The van der Waals surface area contributed by atoms with Crippen molar-refractivity contribution in [2.45, 2.75) is 19.8 Å². The molecule has 0 bridgehead atoms. The smallest absolute Gasteiger partial charge is 0.339 e. The van der Waals surface area contributed by atoms with E-state index in [1.54, 1.807) is 0 Å². The van der Waals surface area contributed by atoms with Crippen LogP contribution in [0.1, 0.15) is 30.1 Å². The second-order valence-electron chi connectivity index (χ2n) is 5.89. The van der Waals surface area contributed by atoms with E-state index in [2.05, 4.69) is 16.6 Å². The number of aromatic nitrogens is 1. The van der Waals surface area contributed by atoms with Gasteiger partial charge < -0.3 is 9.64 Å². The second-order valence-corrected chi connectivity index (χ2v) is 5.89. The summed E-state index contributed by atoms with van der Waals surface area (Å²) in [6.07, 6.45) is 3.83. The van der Waals surface area contributed by atoms with Crippen molar-refractivity contribution in [3.63, 3.8) is 0 Å². The Labute approximate surface area is 111 Å². The fourth-order valence-electron chi connectivity index (χ4n) is 3.48. The predicted molar refractivity (Wildman–Crippen MR) is 68.6 cm³/mol. The lowest BCUT2D eigenvalue weighted by Crippen LogP contribution is -2.62. The SMILES string of the molecule is COC(=O)c1cnc(N2CC3(CC(C)C3)C2)c(F)c1. The molecule has 0 unspecified atom stereocenters. The van der Waals surface area contributed by atoms with Gasteiger partial charge in [-0.15, -0.1) is 0 Å². The van der Waals surface area contributed by atoms with E-state index in [4.69, 9.17) is 0 Å². The number of carbonyl (C=O) groups is 1. The van der Waals surface area contributed by atoms with Crippen LogP contribution < -0.4 is 4.90 Å². The molecular formula is C14H17FN2O2. The van der Waals surface area contributed by atoms with Crippen LogP contribution in [0.3, 0.4) is 0 Å². The molecule has 2 heterocycles. The summed E-state index contributed by atoms with van der Waals surface area (Å²) >= 11 is 0. The van der Waals surface area contributed by atoms with Gasteiger partial charge in [0.25, 0.3) is 0 Å². The first-order valence-electron chi connectivity index (χ1n) is 6.52. The first kappa shape index (κ1) is 12.4. The Bertz CT molecular complexity index is 518. The molecule has 1 spiro atoms. The molecule has 1 aliphatic carbocycles. The van der Waals surface area contributed by atoms with Gasteiger partial charge in [-0.3, -0.25) is 0 Å². The highest BCUT2D eigenvalue weighted by atomic mass is 19.1. The van der Waals surface area contributed by atoms with Crippen LogP contribution in [0.15, 0.2) is 12.3 Å². The van der Waals surface area contributed by atoms with Crippen molar-refractivity contribution in [2.75, 3.05) is 25.1 Å². The normalized spacial score (nSPS) is 20.9. The minimum Gasteiger partial charge on any atom is -0.465 e. The number of rotatable bonds is 2. The average Bonchev–Trinajstić information content (AvgIpc) is 2.31. The number of esters is 1. The summed E-state index contributed by atoms with van der Waals surface area (Å²) < 4.78 is 18.5. The molecule has 1 aromatic heterocycles. The molecule has 0 aromatic carbocycles. The van der Waals surface area contributed by atoms with Crippen LogP contribution in [0.2, 0.25) is 0 Å². The van der Waals surface area contributed by atoms with Crippen LogP contribution in [0.4, 0.5) is 10.2 Å². The van der Waals surface area contributed by atoms with Gasteiger partial charge in [-0.1, -0.05) is 6.92 Å². The Balaban J connectivity index is 1.71. The van der Waals surface area contributed by atoms with Gasteiger partial charge in [0.2, 0.25) is 0 Å². The van der Waals surface area contributed by atoms with Gasteiger partial charge in [0, 0.05) is 24.7 Å². The highest BCUT2D eigenvalue weighted by Crippen LogP contribution is 2.52. The van der Waals surface area contributed by atoms with Crippen LogP contribution in [-0.4, -0.2) is 31.2 Å². The monoisotopic (exact) mass is 264 g/mol. The number of halogens is 1. The minimum atomic E-state index is -0.564. The summed E-state index contributed by atoms with van der Waals surface area (Å²) in [7, 11) is 1.27. The molecule has 0 N–H and O–H groups in total. The number of hydrogen-bond acceptors (Lipinski definition) is 4. The van der Waals surface area contributed by atoms with E-state index in [0.717, 1.165) is 19.0 Å². The maximum Gasteiger partial charge on any atom is 0.339 e.